The van der Waals surface area contributed by atoms with Gasteiger partial charge in [0.2, 0.25) is 0 Å². The fraction of sp³-hybridized carbons (Fsp3) is 0.200. The number of hydrogen-bond acceptors (Lipinski definition) is 2. The largest absolute Gasteiger partial charge is 0.508 e. The van der Waals surface area contributed by atoms with Crippen molar-refractivity contribution < 1.29 is 5.11 Å². The van der Waals surface area contributed by atoms with E-state index in [9.17, 15) is 5.11 Å². The number of benzene rings is 2. The average Bonchev–Trinajstić information content (AvgIpc) is 2.32. The Labute approximate surface area is 123 Å². The smallest absolute Gasteiger partial charge is 0.115 e. The lowest BCUT2D eigenvalue weighted by Crippen LogP contribution is -2.08. The molecule has 0 bridgehead atoms. The number of nitrogens with one attached hydrogen (secondary N) is 1. The van der Waals surface area contributed by atoms with Crippen molar-refractivity contribution >= 4 is 28.9 Å². The molecule has 2 aromatic rings. The van der Waals surface area contributed by atoms with Crippen LogP contribution in [0.5, 0.6) is 5.75 Å². The summed E-state index contributed by atoms with van der Waals surface area (Å²) in [5.41, 5.74) is 2.94. The van der Waals surface area contributed by atoms with Crippen LogP contribution in [0.3, 0.4) is 0 Å². The van der Waals surface area contributed by atoms with Crippen molar-refractivity contribution in [2.75, 3.05) is 5.32 Å². The minimum atomic E-state index is 0.0491. The fourth-order valence-electron chi connectivity index (χ4n) is 1.97. The van der Waals surface area contributed by atoms with Crippen molar-refractivity contribution in [2.45, 2.75) is 19.9 Å². The van der Waals surface area contributed by atoms with E-state index in [2.05, 4.69) is 5.32 Å². The van der Waals surface area contributed by atoms with Crippen LogP contribution in [0.1, 0.15) is 24.1 Å². The van der Waals surface area contributed by atoms with Crippen molar-refractivity contribution in [1.82, 2.24) is 0 Å². The van der Waals surface area contributed by atoms with Crippen LogP contribution in [0.2, 0.25) is 10.0 Å². The van der Waals surface area contributed by atoms with Crippen LogP contribution in [0, 0.1) is 6.92 Å². The number of rotatable bonds is 3. The first-order valence-electron chi connectivity index (χ1n) is 5.98. The highest BCUT2D eigenvalue weighted by Crippen LogP contribution is 2.30. The van der Waals surface area contributed by atoms with E-state index in [0.717, 1.165) is 16.8 Å². The van der Waals surface area contributed by atoms with Gasteiger partial charge in [-0.25, -0.2) is 0 Å². The molecule has 1 atom stereocenters. The second kappa shape index (κ2) is 5.72. The summed E-state index contributed by atoms with van der Waals surface area (Å²) >= 11 is 12.1. The fourth-order valence-corrected chi connectivity index (χ4v) is 2.55. The van der Waals surface area contributed by atoms with E-state index in [-0.39, 0.29) is 11.8 Å². The monoisotopic (exact) mass is 295 g/mol. The lowest BCUT2D eigenvalue weighted by molar-refractivity contribution is 0.475. The van der Waals surface area contributed by atoms with Gasteiger partial charge >= 0.3 is 0 Å². The van der Waals surface area contributed by atoms with Gasteiger partial charge in [0.25, 0.3) is 0 Å². The van der Waals surface area contributed by atoms with Crippen molar-refractivity contribution in [1.29, 1.82) is 0 Å². The van der Waals surface area contributed by atoms with Gasteiger partial charge in [-0.15, -0.1) is 0 Å². The Morgan fingerprint density at radius 1 is 1.11 bits per heavy atom. The topological polar surface area (TPSA) is 32.3 Å². The van der Waals surface area contributed by atoms with Crippen LogP contribution < -0.4 is 5.32 Å². The highest BCUT2D eigenvalue weighted by molar-refractivity contribution is 6.35. The Bertz CT molecular complexity index is 599. The summed E-state index contributed by atoms with van der Waals surface area (Å²) < 4.78 is 0. The van der Waals surface area contributed by atoms with Gasteiger partial charge < -0.3 is 10.4 Å². The summed E-state index contributed by atoms with van der Waals surface area (Å²) in [5, 5.41) is 14.0. The predicted octanol–water partition coefficient (Wildman–Crippen LogP) is 5.18. The molecule has 0 fully saturated rings. The van der Waals surface area contributed by atoms with Crippen molar-refractivity contribution in [3.63, 3.8) is 0 Å². The Morgan fingerprint density at radius 2 is 1.84 bits per heavy atom. The molecule has 2 rings (SSSR count). The molecule has 19 heavy (non-hydrogen) atoms. The molecule has 0 aliphatic rings. The summed E-state index contributed by atoms with van der Waals surface area (Å²) in [4.78, 5) is 0. The molecule has 1 unspecified atom stereocenters. The molecule has 0 aliphatic carbocycles. The third kappa shape index (κ3) is 3.34. The molecule has 0 saturated carbocycles. The first-order chi connectivity index (χ1) is 8.97. The predicted molar refractivity (Wildman–Crippen MR) is 81.3 cm³/mol. The van der Waals surface area contributed by atoms with Gasteiger partial charge in [-0.2, -0.15) is 0 Å². The lowest BCUT2D eigenvalue weighted by atomic mass is 10.1. The molecular formula is C15H15Cl2NO. The van der Waals surface area contributed by atoms with E-state index < -0.39 is 0 Å². The van der Waals surface area contributed by atoms with Gasteiger partial charge in [0.1, 0.15) is 5.75 Å². The second-order valence-electron chi connectivity index (χ2n) is 4.53. The van der Waals surface area contributed by atoms with Crippen LogP contribution >= 0.6 is 23.2 Å². The summed E-state index contributed by atoms with van der Waals surface area (Å²) in [6, 6.07) is 10.8. The Kier molecular flexibility index (Phi) is 4.23. The SMILES string of the molecule is Cc1cc(O)ccc1NC(C)c1ccc(Cl)cc1Cl. The van der Waals surface area contributed by atoms with E-state index in [1.165, 1.54) is 0 Å². The van der Waals surface area contributed by atoms with Gasteiger partial charge in [-0.05, 0) is 55.3 Å². The van der Waals surface area contributed by atoms with E-state index in [1.54, 1.807) is 18.2 Å². The van der Waals surface area contributed by atoms with Crippen LogP contribution in [0.25, 0.3) is 0 Å². The molecule has 100 valence electrons. The molecule has 0 saturated heterocycles. The first kappa shape index (κ1) is 14.0. The van der Waals surface area contributed by atoms with E-state index in [4.69, 9.17) is 23.2 Å². The van der Waals surface area contributed by atoms with E-state index in [0.29, 0.717) is 10.0 Å². The molecule has 0 radical (unpaired) electrons. The van der Waals surface area contributed by atoms with Crippen LogP contribution in [-0.4, -0.2) is 5.11 Å². The molecule has 0 spiro atoms. The summed E-state index contributed by atoms with van der Waals surface area (Å²) in [5.74, 6) is 0.264. The minimum Gasteiger partial charge on any atom is -0.508 e. The second-order valence-corrected chi connectivity index (χ2v) is 5.37. The molecule has 0 aliphatic heterocycles. The number of aromatic hydroxyl groups is 1. The highest BCUT2D eigenvalue weighted by Gasteiger charge is 2.11. The number of phenolic OH excluding ortho intramolecular Hbond substituents is 1. The molecule has 2 aromatic carbocycles. The maximum atomic E-state index is 9.40. The Morgan fingerprint density at radius 3 is 2.47 bits per heavy atom. The molecule has 0 heterocycles. The molecule has 4 heteroatoms. The molecule has 0 aromatic heterocycles. The highest BCUT2D eigenvalue weighted by atomic mass is 35.5. The van der Waals surface area contributed by atoms with Crippen LogP contribution in [0.4, 0.5) is 5.69 Å². The normalized spacial score (nSPS) is 12.2. The molecular weight excluding hydrogens is 281 g/mol. The molecule has 0 amide bonds. The summed E-state index contributed by atoms with van der Waals surface area (Å²) in [7, 11) is 0. The van der Waals surface area contributed by atoms with Crippen molar-refractivity contribution in [2.24, 2.45) is 0 Å². The maximum Gasteiger partial charge on any atom is 0.115 e. The zero-order valence-corrected chi connectivity index (χ0v) is 12.3. The van der Waals surface area contributed by atoms with Gasteiger partial charge in [0.05, 0.1) is 6.04 Å². The van der Waals surface area contributed by atoms with E-state index in [1.807, 2.05) is 32.0 Å². The maximum absolute atomic E-state index is 9.40. The zero-order valence-electron chi connectivity index (χ0n) is 10.7. The minimum absolute atomic E-state index is 0.0491. The van der Waals surface area contributed by atoms with Gasteiger partial charge in [-0.1, -0.05) is 29.3 Å². The number of phenols is 1. The van der Waals surface area contributed by atoms with Gasteiger partial charge in [-0.3, -0.25) is 0 Å². The quantitative estimate of drug-likeness (QED) is 0.765. The Balaban J connectivity index is 2.23. The molecule has 2 N–H and O–H groups in total. The van der Waals surface area contributed by atoms with E-state index >= 15 is 0 Å². The third-order valence-corrected chi connectivity index (χ3v) is 3.57. The van der Waals surface area contributed by atoms with Gasteiger partial charge in [0.15, 0.2) is 0 Å². The number of aryl methyl sites for hydroxylation is 1. The standard InChI is InChI=1S/C15H15Cl2NO/c1-9-7-12(19)4-6-15(9)18-10(2)13-5-3-11(16)8-14(13)17/h3-8,10,18-19H,1-2H3. The summed E-state index contributed by atoms with van der Waals surface area (Å²) in [6.07, 6.45) is 0. The lowest BCUT2D eigenvalue weighted by Gasteiger charge is -2.18. The average molecular weight is 296 g/mol. The number of hydrogen-bond donors (Lipinski definition) is 2. The van der Waals surface area contributed by atoms with Gasteiger partial charge in [0, 0.05) is 15.7 Å². The van der Waals surface area contributed by atoms with Crippen molar-refractivity contribution in [3.05, 3.63) is 57.6 Å². The molecule has 2 nitrogen and oxygen atoms in total. The summed E-state index contributed by atoms with van der Waals surface area (Å²) in [6.45, 7) is 3.97. The third-order valence-electron chi connectivity index (χ3n) is 3.01. The van der Waals surface area contributed by atoms with Crippen molar-refractivity contribution in [3.8, 4) is 5.75 Å². The number of anilines is 1. The van der Waals surface area contributed by atoms with Crippen LogP contribution in [-0.2, 0) is 0 Å². The zero-order chi connectivity index (χ0) is 14.0. The van der Waals surface area contributed by atoms with Crippen LogP contribution in [0.15, 0.2) is 36.4 Å². The Hall–Kier alpha value is -1.38. The number of halogens is 2. The first-order valence-corrected chi connectivity index (χ1v) is 6.74.